The van der Waals surface area contributed by atoms with Crippen molar-refractivity contribution in [3.63, 3.8) is 0 Å². The normalized spacial score (nSPS) is 13.8. The lowest BCUT2D eigenvalue weighted by molar-refractivity contribution is 0.392. The number of rotatable bonds is 7. The first kappa shape index (κ1) is 19.2. The zero-order valence-corrected chi connectivity index (χ0v) is 14.5. The first-order valence-electron chi connectivity index (χ1n) is 7.07. The maximum atomic E-state index is 9.38. The second-order valence-electron chi connectivity index (χ2n) is 4.95. The molecule has 0 aliphatic heterocycles. The van der Waals surface area contributed by atoms with Gasteiger partial charge in [-0.25, -0.2) is 10.7 Å². The second kappa shape index (κ2) is 8.81. The molecule has 2 aromatic carbocycles. The molecule has 0 fully saturated rings. The number of phenolic OH excluding ortho intramolecular Hbond substituents is 1. The Morgan fingerprint density at radius 3 is 2.20 bits per heavy atom. The average Bonchev–Trinajstić information content (AvgIpc) is 2.55. The smallest absolute Gasteiger partial charge is 0.190 e. The number of hydrazine groups is 1. The van der Waals surface area contributed by atoms with Gasteiger partial charge in [0.15, 0.2) is 6.29 Å². The minimum absolute atomic E-state index is 0.157. The summed E-state index contributed by atoms with van der Waals surface area (Å²) in [6, 6.07) is 9.90. The molecule has 9 nitrogen and oxygen atoms in total. The Bertz CT molecular complexity index is 717. The first-order valence-corrected chi connectivity index (χ1v) is 7.83. The lowest BCUT2D eigenvalue weighted by Gasteiger charge is -2.21. The van der Waals surface area contributed by atoms with Crippen molar-refractivity contribution in [1.82, 2.24) is 10.7 Å². The maximum absolute atomic E-state index is 9.38. The molecule has 10 N–H and O–H groups in total. The fourth-order valence-electron chi connectivity index (χ4n) is 2.13. The molecule has 0 radical (unpaired) electrons. The van der Waals surface area contributed by atoms with E-state index in [1.165, 1.54) is 0 Å². The molecule has 134 valence electrons. The van der Waals surface area contributed by atoms with Gasteiger partial charge in [-0.15, -0.1) is 5.11 Å². The molecule has 25 heavy (non-hydrogen) atoms. The fourth-order valence-corrected chi connectivity index (χ4v) is 2.84. The summed E-state index contributed by atoms with van der Waals surface area (Å²) in [5.41, 5.74) is 10.2. The highest BCUT2D eigenvalue weighted by Crippen LogP contribution is 2.37. The Labute approximate surface area is 154 Å². The van der Waals surface area contributed by atoms with Gasteiger partial charge >= 0.3 is 0 Å². The van der Waals surface area contributed by atoms with E-state index in [4.69, 9.17) is 40.6 Å². The van der Waals surface area contributed by atoms with Crippen molar-refractivity contribution in [3.05, 3.63) is 46.4 Å². The summed E-state index contributed by atoms with van der Waals surface area (Å²) in [6.07, 6.45) is -1.51. The zero-order chi connectivity index (χ0) is 18.4. The van der Waals surface area contributed by atoms with Crippen LogP contribution in [0.15, 0.2) is 46.7 Å². The van der Waals surface area contributed by atoms with Crippen molar-refractivity contribution in [3.8, 4) is 16.9 Å². The van der Waals surface area contributed by atoms with Crippen LogP contribution in [0.5, 0.6) is 5.75 Å². The molecule has 0 aromatic heterocycles. The van der Waals surface area contributed by atoms with Crippen LogP contribution >= 0.6 is 23.2 Å². The molecule has 0 saturated carbocycles. The third-order valence-electron chi connectivity index (χ3n) is 3.20. The van der Waals surface area contributed by atoms with E-state index >= 15 is 0 Å². The first-order chi connectivity index (χ1) is 11.9. The molecule has 0 aliphatic carbocycles. The third kappa shape index (κ3) is 5.16. The number of benzene rings is 2. The van der Waals surface area contributed by atoms with Crippen LogP contribution in [0.2, 0.25) is 10.0 Å². The van der Waals surface area contributed by atoms with Crippen molar-refractivity contribution >= 4 is 28.9 Å². The molecule has 0 heterocycles. The number of hydrogen-bond acceptors (Lipinski definition) is 8. The van der Waals surface area contributed by atoms with Crippen molar-refractivity contribution in [2.45, 2.75) is 12.6 Å². The minimum atomic E-state index is -0.769. The highest BCUT2D eigenvalue weighted by Gasteiger charge is 2.14. The molecule has 0 aliphatic rings. The Morgan fingerprint density at radius 2 is 1.68 bits per heavy atom. The Morgan fingerprint density at radius 1 is 1.08 bits per heavy atom. The van der Waals surface area contributed by atoms with E-state index in [1.807, 2.05) is 0 Å². The van der Waals surface area contributed by atoms with Crippen LogP contribution in [0, 0.1) is 0 Å². The van der Waals surface area contributed by atoms with Crippen LogP contribution in [0.1, 0.15) is 0 Å². The van der Waals surface area contributed by atoms with E-state index in [0.717, 1.165) is 5.56 Å². The molecule has 0 saturated heterocycles. The van der Waals surface area contributed by atoms with Gasteiger partial charge in [0.2, 0.25) is 0 Å². The van der Waals surface area contributed by atoms with E-state index < -0.39 is 12.6 Å². The van der Waals surface area contributed by atoms with Gasteiger partial charge in [-0.2, -0.15) is 0 Å². The van der Waals surface area contributed by atoms with Crippen LogP contribution < -0.4 is 33.5 Å². The van der Waals surface area contributed by atoms with Crippen LogP contribution in [-0.2, 0) is 0 Å². The van der Waals surface area contributed by atoms with E-state index in [2.05, 4.69) is 26.4 Å². The monoisotopic (exact) mass is 384 g/mol. The maximum Gasteiger partial charge on any atom is 0.190 e. The summed E-state index contributed by atoms with van der Waals surface area (Å²) in [5.74, 6) is 10.4. The Balaban J connectivity index is 2.17. The molecular weight excluding hydrogens is 367 g/mol. The predicted octanol–water partition coefficient (Wildman–Crippen LogP) is 1.68. The molecular formula is C14H18Cl2N8O. The number of nitrogens with zero attached hydrogens (tertiary/aromatic N) is 2. The molecule has 0 bridgehead atoms. The molecule has 0 amide bonds. The topological polar surface area (TPSA) is 159 Å². The number of anilines is 1. The van der Waals surface area contributed by atoms with Gasteiger partial charge in [0.1, 0.15) is 12.0 Å². The quantitative estimate of drug-likeness (QED) is 0.165. The predicted molar refractivity (Wildman–Crippen MR) is 98.5 cm³/mol. The van der Waals surface area contributed by atoms with Gasteiger partial charge in [0.25, 0.3) is 0 Å². The van der Waals surface area contributed by atoms with Gasteiger partial charge in [0.05, 0.1) is 10.0 Å². The lowest BCUT2D eigenvalue weighted by atomic mass is 10.0. The van der Waals surface area contributed by atoms with Crippen LogP contribution in [0.3, 0.4) is 0 Å². The molecule has 2 aromatic rings. The fraction of sp³-hybridized carbons (Fsp3) is 0.143. The molecule has 0 spiro atoms. The molecule has 11 heteroatoms. The number of phenols is 1. The average molecular weight is 385 g/mol. The highest BCUT2D eigenvalue weighted by atomic mass is 35.5. The van der Waals surface area contributed by atoms with Crippen molar-refractivity contribution < 1.29 is 5.11 Å². The summed E-state index contributed by atoms with van der Waals surface area (Å²) in [4.78, 5) is 0. The van der Waals surface area contributed by atoms with Gasteiger partial charge in [-0.05, 0) is 29.8 Å². The van der Waals surface area contributed by atoms with Gasteiger partial charge in [0, 0.05) is 11.3 Å². The SMILES string of the molecule is NN=NC(NN)NC(N)Nc1cc(Cl)c(-c2ccc(O)cc2)c(Cl)c1. The van der Waals surface area contributed by atoms with E-state index in [1.54, 1.807) is 36.4 Å². The molecule has 2 rings (SSSR count). The summed E-state index contributed by atoms with van der Waals surface area (Å²) in [6.45, 7) is 0. The largest absolute Gasteiger partial charge is 0.508 e. The van der Waals surface area contributed by atoms with Gasteiger partial charge < -0.3 is 16.3 Å². The zero-order valence-electron chi connectivity index (χ0n) is 12.9. The number of nitrogens with two attached hydrogens (primary N) is 3. The number of hydrogen-bond donors (Lipinski definition) is 7. The summed E-state index contributed by atoms with van der Waals surface area (Å²) >= 11 is 12.7. The Kier molecular flexibility index (Phi) is 6.76. The van der Waals surface area contributed by atoms with Crippen LogP contribution in [0.25, 0.3) is 11.1 Å². The van der Waals surface area contributed by atoms with Gasteiger partial charge in [-0.3, -0.25) is 11.6 Å². The third-order valence-corrected chi connectivity index (χ3v) is 3.79. The number of halogens is 2. The second-order valence-corrected chi connectivity index (χ2v) is 5.76. The standard InChI is InChI=1S/C14H18Cl2N8O/c15-10-5-8(20-13(17)21-14(22-18)23-24-19)6-11(16)12(10)7-1-3-9(25)4-2-7/h1-6,13-14,20-22,25H,17-18H2,(H2,19,23). The molecule has 2 unspecified atom stereocenters. The Hall–Kier alpha value is -2.14. The summed E-state index contributed by atoms with van der Waals surface area (Å²) in [5, 5.41) is 22.7. The van der Waals surface area contributed by atoms with Crippen molar-refractivity contribution in [2.24, 2.45) is 27.8 Å². The number of aromatic hydroxyl groups is 1. The minimum Gasteiger partial charge on any atom is -0.508 e. The molecule has 2 atom stereocenters. The lowest BCUT2D eigenvalue weighted by Crippen LogP contribution is -2.55. The van der Waals surface area contributed by atoms with Crippen molar-refractivity contribution in [2.75, 3.05) is 5.32 Å². The van der Waals surface area contributed by atoms with E-state index in [-0.39, 0.29) is 5.75 Å². The highest BCUT2D eigenvalue weighted by molar-refractivity contribution is 6.39. The van der Waals surface area contributed by atoms with Crippen LogP contribution in [-0.4, -0.2) is 17.7 Å². The van der Waals surface area contributed by atoms with E-state index in [0.29, 0.717) is 21.3 Å². The summed E-state index contributed by atoms with van der Waals surface area (Å²) in [7, 11) is 0. The van der Waals surface area contributed by atoms with Crippen molar-refractivity contribution in [1.29, 1.82) is 0 Å². The van der Waals surface area contributed by atoms with E-state index in [9.17, 15) is 5.11 Å². The van der Waals surface area contributed by atoms with Gasteiger partial charge in [-0.1, -0.05) is 40.6 Å². The number of nitrogens with one attached hydrogen (secondary N) is 3. The van der Waals surface area contributed by atoms with Crippen LogP contribution in [0.4, 0.5) is 5.69 Å². The summed E-state index contributed by atoms with van der Waals surface area (Å²) < 4.78 is 0.